The van der Waals surface area contributed by atoms with Gasteiger partial charge in [-0.2, -0.15) is 0 Å². The molecule has 0 aliphatic heterocycles. The highest BCUT2D eigenvalue weighted by molar-refractivity contribution is 6.13. The van der Waals surface area contributed by atoms with Gasteiger partial charge in [0, 0.05) is 35.3 Å². The predicted molar refractivity (Wildman–Crippen MR) is 133 cm³/mol. The molecule has 9 heteroatoms. The number of aromatic amines is 1. The van der Waals surface area contributed by atoms with Crippen LogP contribution in [0.15, 0.2) is 72.0 Å². The zero-order valence-corrected chi connectivity index (χ0v) is 18.4. The lowest BCUT2D eigenvalue weighted by Gasteiger charge is -2.22. The first-order valence-electron chi connectivity index (χ1n) is 10.8. The number of anilines is 1. The van der Waals surface area contributed by atoms with E-state index in [1.54, 1.807) is 17.0 Å². The normalized spacial score (nSPS) is 12.0. The third kappa shape index (κ3) is 3.62. The summed E-state index contributed by atoms with van der Waals surface area (Å²) in [5, 5.41) is 20.4. The molecule has 0 aliphatic rings. The van der Waals surface area contributed by atoms with E-state index in [0.717, 1.165) is 16.8 Å². The third-order valence-electron chi connectivity index (χ3n) is 5.74. The maximum absolute atomic E-state index is 13.9. The maximum atomic E-state index is 13.9. The first-order chi connectivity index (χ1) is 16.6. The van der Waals surface area contributed by atoms with Gasteiger partial charge in [0.25, 0.3) is 5.56 Å². The molecule has 0 saturated heterocycles. The lowest BCUT2D eigenvalue weighted by molar-refractivity contribution is 0.774. The van der Waals surface area contributed by atoms with Gasteiger partial charge in [0.1, 0.15) is 11.8 Å². The Morgan fingerprint density at radius 1 is 1.15 bits per heavy atom. The van der Waals surface area contributed by atoms with E-state index in [1.165, 1.54) is 12.5 Å². The zero-order valence-electron chi connectivity index (χ0n) is 18.4. The minimum absolute atomic E-state index is 0.164. The van der Waals surface area contributed by atoms with Crippen LogP contribution in [0.2, 0.25) is 0 Å². The Balaban J connectivity index is 1.72. The molecule has 0 fully saturated rings. The summed E-state index contributed by atoms with van der Waals surface area (Å²) in [6.07, 6.45) is 4.35. The van der Waals surface area contributed by atoms with Gasteiger partial charge in [-0.15, -0.1) is 0 Å². The van der Waals surface area contributed by atoms with Gasteiger partial charge in [-0.3, -0.25) is 9.36 Å². The lowest BCUT2D eigenvalue weighted by Crippen LogP contribution is -2.27. The van der Waals surface area contributed by atoms with Crippen LogP contribution in [0.4, 0.5) is 5.82 Å². The minimum Gasteiger partial charge on any atom is -0.360 e. The average molecular weight is 451 g/mol. The Morgan fingerprint density at radius 3 is 2.76 bits per heavy atom. The number of hydrogen-bond donors (Lipinski definition) is 4. The van der Waals surface area contributed by atoms with Gasteiger partial charge in [-0.1, -0.05) is 36.4 Å². The van der Waals surface area contributed by atoms with E-state index < -0.39 is 0 Å². The number of H-pyrrole nitrogens is 1. The molecule has 0 spiro atoms. The standard InChI is InChI=1S/C25H22N8O/c1-15(32-24-22-23(29-13-28-22)30-14-31-24)20-12-16-6-5-9-18(19(27)10-11-26)21(16)25(34)33(20)17-7-3-2-4-8-17/h2-9,11-15,26-27H,10H2,1H3,(H2,28,29,30,31,32). The number of aromatic nitrogens is 5. The maximum Gasteiger partial charge on any atom is 0.263 e. The molecule has 1 atom stereocenters. The van der Waals surface area contributed by atoms with E-state index in [4.69, 9.17) is 10.8 Å². The Labute approximate surface area is 194 Å². The summed E-state index contributed by atoms with van der Waals surface area (Å²) in [5.41, 5.74) is 3.26. The van der Waals surface area contributed by atoms with Crippen molar-refractivity contribution in [1.82, 2.24) is 24.5 Å². The van der Waals surface area contributed by atoms with Crippen LogP contribution in [0.1, 0.15) is 30.6 Å². The summed E-state index contributed by atoms with van der Waals surface area (Å²) in [4.78, 5) is 29.7. The molecule has 0 amide bonds. The molecule has 0 saturated carbocycles. The highest BCUT2D eigenvalue weighted by atomic mass is 16.1. The second kappa shape index (κ2) is 8.70. The number of pyridine rings is 1. The minimum atomic E-state index is -0.302. The van der Waals surface area contributed by atoms with Crippen LogP contribution in [-0.4, -0.2) is 36.4 Å². The van der Waals surface area contributed by atoms with Crippen molar-refractivity contribution >= 4 is 39.7 Å². The second-order valence-electron chi connectivity index (χ2n) is 7.89. The highest BCUT2D eigenvalue weighted by Crippen LogP contribution is 2.27. The number of fused-ring (bicyclic) bond motifs is 2. The van der Waals surface area contributed by atoms with E-state index >= 15 is 0 Å². The largest absolute Gasteiger partial charge is 0.360 e. The van der Waals surface area contributed by atoms with E-state index in [1.807, 2.05) is 55.5 Å². The van der Waals surface area contributed by atoms with Gasteiger partial charge in [0.2, 0.25) is 0 Å². The summed E-state index contributed by atoms with van der Waals surface area (Å²) >= 11 is 0. The Hall–Kier alpha value is -4.66. The fourth-order valence-electron chi connectivity index (χ4n) is 4.16. The van der Waals surface area contributed by atoms with Gasteiger partial charge in [0.05, 0.1) is 17.8 Å². The Morgan fingerprint density at radius 2 is 1.97 bits per heavy atom. The van der Waals surface area contributed by atoms with Crippen molar-refractivity contribution in [3.8, 4) is 5.69 Å². The van der Waals surface area contributed by atoms with E-state index in [2.05, 4.69) is 25.3 Å². The Kier molecular flexibility index (Phi) is 5.43. The lowest BCUT2D eigenvalue weighted by atomic mass is 9.99. The first kappa shape index (κ1) is 21.2. The molecular weight excluding hydrogens is 428 g/mol. The number of nitrogens with zero attached hydrogens (tertiary/aromatic N) is 4. The molecule has 4 N–H and O–H groups in total. The van der Waals surface area contributed by atoms with Crippen LogP contribution in [0, 0.1) is 10.8 Å². The SMILES string of the molecule is CC(Nc1ncnc2nc[nH]c12)c1cc2cccc(C(=N)CC=N)c2c(=O)n1-c1ccccc1. The number of hydrogen-bond acceptors (Lipinski definition) is 7. The quantitative estimate of drug-likeness (QED) is 0.275. The fourth-order valence-corrected chi connectivity index (χ4v) is 4.16. The fraction of sp³-hybridized carbons (Fsp3) is 0.120. The van der Waals surface area contributed by atoms with Crippen molar-refractivity contribution in [2.24, 2.45) is 0 Å². The van der Waals surface area contributed by atoms with Gasteiger partial charge in [-0.25, -0.2) is 15.0 Å². The number of para-hydroxylation sites is 1. The summed E-state index contributed by atoms with van der Waals surface area (Å²) in [6.45, 7) is 1.96. The van der Waals surface area contributed by atoms with Crippen LogP contribution in [0.25, 0.3) is 27.6 Å². The van der Waals surface area contributed by atoms with Crippen LogP contribution in [0.3, 0.4) is 0 Å². The molecule has 0 radical (unpaired) electrons. The number of imidazole rings is 1. The van der Waals surface area contributed by atoms with E-state index in [9.17, 15) is 4.79 Å². The van der Waals surface area contributed by atoms with Crippen LogP contribution in [0.5, 0.6) is 0 Å². The summed E-state index contributed by atoms with van der Waals surface area (Å²) in [6, 6.07) is 16.6. The van der Waals surface area contributed by atoms with E-state index in [-0.39, 0.29) is 23.7 Å². The topological polar surface area (TPSA) is 136 Å². The average Bonchev–Trinajstić information content (AvgIpc) is 3.34. The molecule has 0 bridgehead atoms. The van der Waals surface area contributed by atoms with Crippen LogP contribution < -0.4 is 10.9 Å². The van der Waals surface area contributed by atoms with Gasteiger partial charge >= 0.3 is 0 Å². The molecule has 2 aromatic carbocycles. The van der Waals surface area contributed by atoms with Crippen molar-refractivity contribution in [3.05, 3.63) is 88.9 Å². The molecule has 9 nitrogen and oxygen atoms in total. The molecule has 34 heavy (non-hydrogen) atoms. The van der Waals surface area contributed by atoms with Crippen molar-refractivity contribution in [2.75, 3.05) is 5.32 Å². The van der Waals surface area contributed by atoms with Gasteiger partial charge < -0.3 is 21.1 Å². The van der Waals surface area contributed by atoms with Crippen molar-refractivity contribution in [1.29, 1.82) is 10.8 Å². The molecular formula is C25H22N8O. The molecule has 168 valence electrons. The van der Waals surface area contributed by atoms with Crippen LogP contribution in [-0.2, 0) is 0 Å². The summed E-state index contributed by atoms with van der Waals surface area (Å²) < 4.78 is 1.67. The molecule has 3 aromatic heterocycles. The number of benzene rings is 2. The van der Waals surface area contributed by atoms with Crippen molar-refractivity contribution in [2.45, 2.75) is 19.4 Å². The summed E-state index contributed by atoms with van der Waals surface area (Å²) in [7, 11) is 0. The van der Waals surface area contributed by atoms with Crippen molar-refractivity contribution in [3.63, 3.8) is 0 Å². The van der Waals surface area contributed by atoms with Gasteiger partial charge in [-0.05, 0) is 30.5 Å². The third-order valence-corrected chi connectivity index (χ3v) is 5.74. The molecule has 1 unspecified atom stereocenters. The molecule has 3 heterocycles. The van der Waals surface area contributed by atoms with Gasteiger partial charge in [0.15, 0.2) is 11.5 Å². The zero-order chi connectivity index (χ0) is 23.7. The second-order valence-corrected chi connectivity index (χ2v) is 7.89. The molecule has 5 aromatic rings. The molecule has 0 aliphatic carbocycles. The molecule has 5 rings (SSSR count). The summed E-state index contributed by atoms with van der Waals surface area (Å²) in [5.74, 6) is 0.587. The number of nitrogens with one attached hydrogen (secondary N) is 4. The number of rotatable bonds is 7. The van der Waals surface area contributed by atoms with Crippen LogP contribution >= 0.6 is 0 Å². The monoisotopic (exact) mass is 450 g/mol. The predicted octanol–water partition coefficient (Wildman–Crippen LogP) is 4.24. The highest BCUT2D eigenvalue weighted by Gasteiger charge is 2.20. The smallest absolute Gasteiger partial charge is 0.263 e. The first-order valence-corrected chi connectivity index (χ1v) is 10.8. The van der Waals surface area contributed by atoms with Crippen molar-refractivity contribution < 1.29 is 0 Å². The van der Waals surface area contributed by atoms with E-state index in [0.29, 0.717) is 27.9 Å². The Bertz CT molecular complexity index is 1590.